The molecule has 0 spiro atoms. The average molecular weight is 302 g/mol. The van der Waals surface area contributed by atoms with Crippen molar-refractivity contribution in [3.05, 3.63) is 48.8 Å². The van der Waals surface area contributed by atoms with Crippen LogP contribution in [0.4, 0.5) is 13.2 Å². The summed E-state index contributed by atoms with van der Waals surface area (Å²) in [5, 5.41) is 0. The summed E-state index contributed by atoms with van der Waals surface area (Å²) in [5.74, 6) is -0.436. The first-order valence-electron chi connectivity index (χ1n) is 5.24. The van der Waals surface area contributed by atoms with E-state index in [9.17, 15) is 21.6 Å². The molecule has 0 amide bonds. The average Bonchev–Trinajstić information content (AvgIpc) is 2.38. The summed E-state index contributed by atoms with van der Waals surface area (Å²) in [6.45, 7) is 0. The van der Waals surface area contributed by atoms with Crippen molar-refractivity contribution in [3.8, 4) is 16.9 Å². The lowest BCUT2D eigenvalue weighted by Crippen LogP contribution is -2.28. The number of aromatic nitrogens is 1. The fourth-order valence-corrected chi connectivity index (χ4v) is 1.88. The SMILES string of the molecule is O=S(=O)(Oc1ccccc1-c1[c]nccc1)C(F)(F)F. The molecule has 105 valence electrons. The van der Waals surface area contributed by atoms with Gasteiger partial charge in [-0.1, -0.05) is 24.3 Å². The van der Waals surface area contributed by atoms with Gasteiger partial charge in [0.1, 0.15) is 0 Å². The molecule has 1 aromatic heterocycles. The maximum Gasteiger partial charge on any atom is 0.534 e. The molecule has 1 aromatic carbocycles. The summed E-state index contributed by atoms with van der Waals surface area (Å²) >= 11 is 0. The van der Waals surface area contributed by atoms with Gasteiger partial charge in [-0.2, -0.15) is 21.6 Å². The third-order valence-electron chi connectivity index (χ3n) is 2.27. The Hall–Kier alpha value is -2.09. The number of para-hydroxylation sites is 1. The molecular weight excluding hydrogens is 295 g/mol. The Balaban J connectivity index is 2.45. The van der Waals surface area contributed by atoms with Gasteiger partial charge in [0, 0.05) is 17.3 Å². The third kappa shape index (κ3) is 2.90. The Morgan fingerprint density at radius 3 is 2.40 bits per heavy atom. The highest BCUT2D eigenvalue weighted by Crippen LogP contribution is 2.33. The largest absolute Gasteiger partial charge is 0.534 e. The van der Waals surface area contributed by atoms with Crippen LogP contribution in [0.3, 0.4) is 0 Å². The van der Waals surface area contributed by atoms with Crippen LogP contribution >= 0.6 is 0 Å². The van der Waals surface area contributed by atoms with Gasteiger partial charge in [-0.25, -0.2) is 0 Å². The monoisotopic (exact) mass is 302 g/mol. The second-order valence-corrected chi connectivity index (χ2v) is 5.18. The Labute approximate surface area is 113 Å². The van der Waals surface area contributed by atoms with Crippen molar-refractivity contribution in [1.29, 1.82) is 0 Å². The minimum Gasteiger partial charge on any atom is -0.375 e. The highest BCUT2D eigenvalue weighted by Gasteiger charge is 2.48. The number of halogens is 3. The van der Waals surface area contributed by atoms with Gasteiger partial charge >= 0.3 is 15.6 Å². The van der Waals surface area contributed by atoms with Gasteiger partial charge in [-0.15, -0.1) is 0 Å². The van der Waals surface area contributed by atoms with E-state index in [0.29, 0.717) is 5.56 Å². The Bertz CT molecular complexity index is 699. The highest BCUT2D eigenvalue weighted by atomic mass is 32.2. The summed E-state index contributed by atoms with van der Waals surface area (Å²) in [4.78, 5) is 3.70. The first-order chi connectivity index (χ1) is 9.31. The Morgan fingerprint density at radius 2 is 1.80 bits per heavy atom. The van der Waals surface area contributed by atoms with Gasteiger partial charge in [0.25, 0.3) is 0 Å². The van der Waals surface area contributed by atoms with Crippen molar-refractivity contribution in [2.45, 2.75) is 5.51 Å². The number of hydrogen-bond acceptors (Lipinski definition) is 4. The zero-order valence-corrected chi connectivity index (χ0v) is 10.6. The van der Waals surface area contributed by atoms with Gasteiger partial charge in [-0.3, -0.25) is 4.98 Å². The molecule has 2 rings (SSSR count). The van der Waals surface area contributed by atoms with Gasteiger partial charge in [-0.05, 0) is 12.1 Å². The highest BCUT2D eigenvalue weighted by molar-refractivity contribution is 7.88. The van der Waals surface area contributed by atoms with Crippen molar-refractivity contribution in [2.75, 3.05) is 0 Å². The number of benzene rings is 1. The topological polar surface area (TPSA) is 56.3 Å². The molecule has 0 N–H and O–H groups in total. The van der Waals surface area contributed by atoms with Gasteiger partial charge in [0.05, 0.1) is 6.20 Å². The molecule has 1 heterocycles. The molecule has 0 saturated heterocycles. The molecule has 0 aliphatic carbocycles. The third-order valence-corrected chi connectivity index (χ3v) is 3.23. The van der Waals surface area contributed by atoms with Crippen molar-refractivity contribution < 1.29 is 25.8 Å². The number of nitrogens with zero attached hydrogens (tertiary/aromatic N) is 1. The van der Waals surface area contributed by atoms with Crippen LogP contribution in [0.2, 0.25) is 0 Å². The van der Waals surface area contributed by atoms with E-state index < -0.39 is 21.4 Å². The molecule has 20 heavy (non-hydrogen) atoms. The van der Waals surface area contributed by atoms with E-state index >= 15 is 0 Å². The quantitative estimate of drug-likeness (QED) is 0.646. The molecule has 0 aliphatic rings. The molecule has 1 radical (unpaired) electrons. The van der Waals surface area contributed by atoms with Crippen molar-refractivity contribution in [3.63, 3.8) is 0 Å². The summed E-state index contributed by atoms with van der Waals surface area (Å²) in [6.07, 6.45) is 3.97. The lowest BCUT2D eigenvalue weighted by Gasteiger charge is -2.12. The normalized spacial score (nSPS) is 12.2. The van der Waals surface area contributed by atoms with Crippen molar-refractivity contribution >= 4 is 10.1 Å². The van der Waals surface area contributed by atoms with Crippen LogP contribution in [-0.2, 0) is 10.1 Å². The molecule has 8 heteroatoms. The van der Waals surface area contributed by atoms with E-state index in [1.54, 1.807) is 6.07 Å². The van der Waals surface area contributed by atoms with E-state index in [1.165, 1.54) is 30.5 Å². The van der Waals surface area contributed by atoms with Crippen molar-refractivity contribution in [2.24, 2.45) is 0 Å². The van der Waals surface area contributed by atoms with E-state index in [0.717, 1.165) is 6.07 Å². The second-order valence-electron chi connectivity index (χ2n) is 3.64. The first-order valence-corrected chi connectivity index (χ1v) is 6.65. The first kappa shape index (κ1) is 14.3. The van der Waals surface area contributed by atoms with Gasteiger partial charge in [0.2, 0.25) is 0 Å². The van der Waals surface area contributed by atoms with Crippen LogP contribution in [0, 0.1) is 6.20 Å². The maximum atomic E-state index is 12.3. The molecule has 0 fully saturated rings. The van der Waals surface area contributed by atoms with Gasteiger partial charge in [0.15, 0.2) is 5.75 Å². The number of alkyl halides is 3. The molecular formula is C12H7F3NO3S. The predicted molar refractivity (Wildman–Crippen MR) is 64.1 cm³/mol. The van der Waals surface area contributed by atoms with Crippen LogP contribution in [-0.4, -0.2) is 18.9 Å². The van der Waals surface area contributed by atoms with E-state index in [4.69, 9.17) is 0 Å². The second kappa shape index (κ2) is 5.12. The number of pyridine rings is 1. The summed E-state index contributed by atoms with van der Waals surface area (Å²) in [6, 6.07) is 8.49. The number of hydrogen-bond donors (Lipinski definition) is 0. The fraction of sp³-hybridized carbons (Fsp3) is 0.0833. The number of rotatable bonds is 3. The van der Waals surface area contributed by atoms with Crippen LogP contribution in [0.15, 0.2) is 42.6 Å². The smallest absolute Gasteiger partial charge is 0.375 e. The van der Waals surface area contributed by atoms with Crippen LogP contribution in [0.5, 0.6) is 5.75 Å². The lowest BCUT2D eigenvalue weighted by atomic mass is 10.1. The molecule has 0 atom stereocenters. The Morgan fingerprint density at radius 1 is 1.10 bits per heavy atom. The van der Waals surface area contributed by atoms with Crippen molar-refractivity contribution in [1.82, 2.24) is 4.98 Å². The molecule has 2 aromatic rings. The summed E-state index contributed by atoms with van der Waals surface area (Å²) in [7, 11) is -5.72. The van der Waals surface area contributed by atoms with Gasteiger partial charge < -0.3 is 4.18 Å². The van der Waals surface area contributed by atoms with E-state index in [-0.39, 0.29) is 5.56 Å². The maximum absolute atomic E-state index is 12.3. The molecule has 0 aliphatic heterocycles. The standard InChI is InChI=1S/C12H7F3NO3S/c13-12(14,15)20(17,18)19-11-6-2-1-5-10(11)9-4-3-7-16-8-9/h1-7H. The fourth-order valence-electron chi connectivity index (χ4n) is 1.40. The molecule has 0 saturated carbocycles. The molecule has 0 unspecified atom stereocenters. The van der Waals surface area contributed by atoms with E-state index in [1.807, 2.05) is 0 Å². The van der Waals surface area contributed by atoms with E-state index in [2.05, 4.69) is 15.4 Å². The summed E-state index contributed by atoms with van der Waals surface area (Å²) < 4.78 is 63.2. The predicted octanol–water partition coefficient (Wildman–Crippen LogP) is 2.78. The van der Waals surface area contributed by atoms with Crippen LogP contribution < -0.4 is 4.18 Å². The molecule has 4 nitrogen and oxygen atoms in total. The summed E-state index contributed by atoms with van der Waals surface area (Å²) in [5.41, 5.74) is -5.02. The zero-order valence-electron chi connectivity index (χ0n) is 9.76. The Kier molecular flexibility index (Phi) is 3.67. The zero-order chi connectivity index (χ0) is 14.8. The minimum absolute atomic E-state index is 0.147. The minimum atomic E-state index is -5.72. The lowest BCUT2D eigenvalue weighted by molar-refractivity contribution is -0.0499. The van der Waals surface area contributed by atoms with Crippen LogP contribution in [0.25, 0.3) is 11.1 Å². The molecule has 0 bridgehead atoms. The van der Waals surface area contributed by atoms with Crippen LogP contribution in [0.1, 0.15) is 0 Å².